The maximum absolute atomic E-state index is 13.9. The van der Waals surface area contributed by atoms with Crippen LogP contribution in [-0.2, 0) is 27.1 Å². The van der Waals surface area contributed by atoms with Crippen molar-refractivity contribution in [3.05, 3.63) is 45.6 Å². The molecule has 31 heavy (non-hydrogen) atoms. The van der Waals surface area contributed by atoms with Gasteiger partial charge in [-0.3, -0.25) is 4.79 Å². The number of nitrogens with one attached hydrogen (secondary N) is 1. The normalized spacial score (nSPS) is 16.2. The van der Waals surface area contributed by atoms with E-state index >= 15 is 0 Å². The monoisotopic (exact) mass is 448 g/mol. The molecule has 1 heterocycles. The average molecular weight is 449 g/mol. The number of carbonyl (C=O) groups is 3. The molecule has 166 valence electrons. The number of hydrogen-bond donors (Lipinski definition) is 2. The lowest BCUT2D eigenvalue weighted by Crippen LogP contribution is -2.30. The van der Waals surface area contributed by atoms with Gasteiger partial charge in [0, 0.05) is 10.6 Å². The van der Waals surface area contributed by atoms with E-state index in [9.17, 15) is 18.8 Å². The fraction of sp³-hybridized carbons (Fsp3) is 0.409. The number of halogens is 1. The molecule has 0 spiro atoms. The van der Waals surface area contributed by atoms with E-state index in [-0.39, 0.29) is 17.9 Å². The summed E-state index contributed by atoms with van der Waals surface area (Å²) in [5.74, 6) is -2.43. The average Bonchev–Trinajstić information content (AvgIpc) is 3.06. The molecule has 7 nitrogen and oxygen atoms in total. The molecule has 0 saturated heterocycles. The van der Waals surface area contributed by atoms with Gasteiger partial charge in [-0.05, 0) is 62.8 Å². The number of amides is 1. The van der Waals surface area contributed by atoms with Crippen LogP contribution in [0.5, 0.6) is 0 Å². The van der Waals surface area contributed by atoms with Crippen molar-refractivity contribution in [2.75, 3.05) is 17.7 Å². The molecule has 3 rings (SSSR count). The zero-order valence-corrected chi connectivity index (χ0v) is 18.4. The van der Waals surface area contributed by atoms with E-state index in [0.717, 1.165) is 41.8 Å². The van der Waals surface area contributed by atoms with Crippen LogP contribution < -0.4 is 11.1 Å². The topological polar surface area (TPSA) is 108 Å². The summed E-state index contributed by atoms with van der Waals surface area (Å²) in [6.45, 7) is 5.44. The van der Waals surface area contributed by atoms with E-state index in [2.05, 4.69) is 12.2 Å². The van der Waals surface area contributed by atoms with Crippen molar-refractivity contribution in [3.8, 4) is 0 Å². The van der Waals surface area contributed by atoms with Gasteiger partial charge in [0.2, 0.25) is 0 Å². The van der Waals surface area contributed by atoms with Crippen molar-refractivity contribution in [3.63, 3.8) is 0 Å². The number of rotatable bonds is 6. The molecular weight excluding hydrogens is 423 g/mol. The Balaban J connectivity index is 1.78. The molecule has 2 aromatic rings. The van der Waals surface area contributed by atoms with Gasteiger partial charge in [-0.2, -0.15) is 0 Å². The first-order chi connectivity index (χ1) is 14.7. The number of nitrogen functional groups attached to an aromatic ring is 1. The number of nitrogens with two attached hydrogens (primary N) is 1. The summed E-state index contributed by atoms with van der Waals surface area (Å²) in [7, 11) is 0. The SMILES string of the molecule is CCOC(=O)c1c(NC(=O)[C@@H](C)OC(=O)c2cc(N)ccc2F)sc2c1CC[C@H](C)C2. The maximum Gasteiger partial charge on any atom is 0.341 e. The van der Waals surface area contributed by atoms with Crippen molar-refractivity contribution in [1.82, 2.24) is 0 Å². The molecule has 2 atom stereocenters. The molecule has 9 heteroatoms. The van der Waals surface area contributed by atoms with Gasteiger partial charge in [-0.15, -0.1) is 11.3 Å². The largest absolute Gasteiger partial charge is 0.462 e. The van der Waals surface area contributed by atoms with Gasteiger partial charge in [-0.1, -0.05) is 6.92 Å². The second-order valence-corrected chi connectivity index (χ2v) is 8.66. The van der Waals surface area contributed by atoms with Crippen LogP contribution in [-0.4, -0.2) is 30.6 Å². The molecule has 0 unspecified atom stereocenters. The molecule has 1 aliphatic carbocycles. The number of carbonyl (C=O) groups excluding carboxylic acids is 3. The second kappa shape index (κ2) is 9.47. The summed E-state index contributed by atoms with van der Waals surface area (Å²) in [5, 5.41) is 3.06. The van der Waals surface area contributed by atoms with Gasteiger partial charge in [0.15, 0.2) is 6.10 Å². The minimum absolute atomic E-state index is 0.197. The number of fused-ring (bicyclic) bond motifs is 1. The third-order valence-electron chi connectivity index (χ3n) is 5.09. The van der Waals surface area contributed by atoms with E-state index in [1.165, 1.54) is 24.3 Å². The molecule has 0 saturated carbocycles. The minimum Gasteiger partial charge on any atom is -0.462 e. The van der Waals surface area contributed by atoms with Gasteiger partial charge in [0.1, 0.15) is 10.8 Å². The summed E-state index contributed by atoms with van der Waals surface area (Å²) >= 11 is 1.34. The Bertz CT molecular complexity index is 1020. The Labute approximate surface area is 183 Å². The van der Waals surface area contributed by atoms with Crippen molar-refractivity contribution in [2.45, 2.75) is 46.1 Å². The molecule has 1 aromatic heterocycles. The van der Waals surface area contributed by atoms with E-state index in [4.69, 9.17) is 15.2 Å². The molecule has 1 aliphatic rings. The van der Waals surface area contributed by atoms with Crippen LogP contribution in [0.15, 0.2) is 18.2 Å². The summed E-state index contributed by atoms with van der Waals surface area (Å²) in [6, 6.07) is 3.52. The summed E-state index contributed by atoms with van der Waals surface area (Å²) in [6.07, 6.45) is 1.28. The molecule has 1 amide bonds. The van der Waals surface area contributed by atoms with Crippen LogP contribution in [0.1, 0.15) is 58.3 Å². The molecular formula is C22H25FN2O5S. The predicted octanol–water partition coefficient (Wildman–Crippen LogP) is 3.95. The van der Waals surface area contributed by atoms with Crippen LogP contribution in [0.3, 0.4) is 0 Å². The van der Waals surface area contributed by atoms with E-state index < -0.39 is 29.8 Å². The molecule has 0 aliphatic heterocycles. The lowest BCUT2D eigenvalue weighted by Gasteiger charge is -2.18. The van der Waals surface area contributed by atoms with Crippen LogP contribution >= 0.6 is 11.3 Å². The highest BCUT2D eigenvalue weighted by atomic mass is 32.1. The van der Waals surface area contributed by atoms with Crippen LogP contribution in [0.2, 0.25) is 0 Å². The number of ether oxygens (including phenoxy) is 2. The number of benzene rings is 1. The van der Waals surface area contributed by atoms with Crippen molar-refractivity contribution >= 4 is 39.9 Å². The minimum atomic E-state index is -1.22. The Morgan fingerprint density at radius 3 is 2.77 bits per heavy atom. The Morgan fingerprint density at radius 1 is 1.32 bits per heavy atom. The molecule has 0 fully saturated rings. The first kappa shape index (κ1) is 22.7. The van der Waals surface area contributed by atoms with Gasteiger partial charge in [0.25, 0.3) is 5.91 Å². The molecule has 3 N–H and O–H groups in total. The highest BCUT2D eigenvalue weighted by Gasteiger charge is 2.30. The van der Waals surface area contributed by atoms with Crippen molar-refractivity contribution in [2.24, 2.45) is 5.92 Å². The van der Waals surface area contributed by atoms with Gasteiger partial charge in [0.05, 0.1) is 17.7 Å². The first-order valence-electron chi connectivity index (χ1n) is 10.1. The Morgan fingerprint density at radius 2 is 2.06 bits per heavy atom. The fourth-order valence-electron chi connectivity index (χ4n) is 3.45. The van der Waals surface area contributed by atoms with Crippen molar-refractivity contribution in [1.29, 1.82) is 0 Å². The third-order valence-corrected chi connectivity index (χ3v) is 6.26. The number of hydrogen-bond acceptors (Lipinski definition) is 7. The standard InChI is InChI=1S/C22H25FN2O5S/c1-4-29-22(28)18-14-7-5-11(2)9-17(14)31-20(18)25-19(26)12(3)30-21(27)15-10-13(24)6-8-16(15)23/h6,8,10-12H,4-5,7,9,24H2,1-3H3,(H,25,26)/t11-,12+/m0/s1. The quantitative estimate of drug-likeness (QED) is 0.512. The Hall–Kier alpha value is -2.94. The smallest absolute Gasteiger partial charge is 0.341 e. The number of anilines is 2. The summed E-state index contributed by atoms with van der Waals surface area (Å²) < 4.78 is 24.2. The zero-order chi connectivity index (χ0) is 22.7. The highest BCUT2D eigenvalue weighted by molar-refractivity contribution is 7.17. The first-order valence-corrected chi connectivity index (χ1v) is 10.9. The number of esters is 2. The van der Waals surface area contributed by atoms with Crippen LogP contribution in [0.4, 0.5) is 15.1 Å². The van der Waals surface area contributed by atoms with Crippen LogP contribution in [0, 0.1) is 11.7 Å². The third kappa shape index (κ3) is 5.04. The maximum atomic E-state index is 13.9. The fourth-order valence-corrected chi connectivity index (χ4v) is 4.85. The lowest BCUT2D eigenvalue weighted by molar-refractivity contribution is -0.123. The molecule has 0 radical (unpaired) electrons. The van der Waals surface area contributed by atoms with Crippen molar-refractivity contribution < 1.29 is 28.2 Å². The van der Waals surface area contributed by atoms with E-state index in [1.807, 2.05) is 0 Å². The summed E-state index contributed by atoms with van der Waals surface area (Å²) in [4.78, 5) is 38.6. The second-order valence-electron chi connectivity index (χ2n) is 7.55. The van der Waals surface area contributed by atoms with E-state index in [0.29, 0.717) is 16.5 Å². The zero-order valence-electron chi connectivity index (χ0n) is 17.6. The van der Waals surface area contributed by atoms with E-state index in [1.54, 1.807) is 6.92 Å². The van der Waals surface area contributed by atoms with Gasteiger partial charge < -0.3 is 20.5 Å². The molecule has 0 bridgehead atoms. The van der Waals surface area contributed by atoms with Gasteiger partial charge >= 0.3 is 11.9 Å². The highest BCUT2D eigenvalue weighted by Crippen LogP contribution is 2.40. The predicted molar refractivity (Wildman–Crippen MR) is 116 cm³/mol. The Kier molecular flexibility index (Phi) is 6.94. The molecule has 1 aromatic carbocycles. The van der Waals surface area contributed by atoms with Gasteiger partial charge in [-0.25, -0.2) is 14.0 Å². The summed E-state index contributed by atoms with van der Waals surface area (Å²) in [5.41, 5.74) is 6.70. The number of thiophene rings is 1. The lowest BCUT2D eigenvalue weighted by atomic mass is 9.88. The van der Waals surface area contributed by atoms with Crippen LogP contribution in [0.25, 0.3) is 0 Å².